The fourth-order valence-corrected chi connectivity index (χ4v) is 3.40. The molecule has 1 amide bonds. The molecular weight excluding hydrogens is 326 g/mol. The number of aromatic nitrogens is 2. The summed E-state index contributed by atoms with van der Waals surface area (Å²) >= 11 is 0. The van der Waals surface area contributed by atoms with E-state index in [0.717, 1.165) is 62.8 Å². The fraction of sp³-hybridized carbons (Fsp3) is 0.500. The van der Waals surface area contributed by atoms with E-state index in [9.17, 15) is 4.79 Å². The number of amides is 1. The van der Waals surface area contributed by atoms with Crippen LogP contribution in [0.15, 0.2) is 36.7 Å². The second kappa shape index (κ2) is 8.96. The minimum Gasteiger partial charge on any atom is -0.334 e. The lowest BCUT2D eigenvalue weighted by molar-refractivity contribution is -0.117. The van der Waals surface area contributed by atoms with Gasteiger partial charge in [-0.1, -0.05) is 19.1 Å². The van der Waals surface area contributed by atoms with Crippen molar-refractivity contribution in [1.29, 1.82) is 0 Å². The number of imidazole rings is 1. The molecule has 3 rings (SSSR count). The van der Waals surface area contributed by atoms with Crippen LogP contribution in [0.3, 0.4) is 0 Å². The molecule has 1 aliphatic rings. The van der Waals surface area contributed by atoms with Gasteiger partial charge in [0.2, 0.25) is 5.91 Å². The van der Waals surface area contributed by atoms with Gasteiger partial charge in [0.1, 0.15) is 5.82 Å². The Morgan fingerprint density at radius 1 is 1.15 bits per heavy atom. The van der Waals surface area contributed by atoms with Crippen LogP contribution in [0.1, 0.15) is 18.3 Å². The van der Waals surface area contributed by atoms with Gasteiger partial charge in [-0.05, 0) is 24.6 Å². The van der Waals surface area contributed by atoms with Crippen molar-refractivity contribution in [3.8, 4) is 0 Å². The maximum atomic E-state index is 12.2. The Morgan fingerprint density at radius 3 is 2.65 bits per heavy atom. The molecule has 1 aliphatic heterocycles. The molecule has 1 aromatic carbocycles. The van der Waals surface area contributed by atoms with Crippen molar-refractivity contribution in [3.63, 3.8) is 0 Å². The largest absolute Gasteiger partial charge is 0.334 e. The molecule has 140 valence electrons. The smallest absolute Gasteiger partial charge is 0.238 e. The van der Waals surface area contributed by atoms with Crippen LogP contribution in [0.5, 0.6) is 0 Å². The second-order valence-electron chi connectivity index (χ2n) is 6.93. The van der Waals surface area contributed by atoms with Crippen molar-refractivity contribution < 1.29 is 4.79 Å². The maximum absolute atomic E-state index is 12.2. The Hall–Kier alpha value is -2.18. The number of rotatable bonds is 7. The zero-order chi connectivity index (χ0) is 18.4. The van der Waals surface area contributed by atoms with Gasteiger partial charge < -0.3 is 9.88 Å². The Morgan fingerprint density at radius 2 is 1.92 bits per heavy atom. The van der Waals surface area contributed by atoms with Gasteiger partial charge in [-0.2, -0.15) is 0 Å². The van der Waals surface area contributed by atoms with E-state index in [-0.39, 0.29) is 5.91 Å². The topological polar surface area (TPSA) is 53.4 Å². The lowest BCUT2D eigenvalue weighted by atomic mass is 10.2. The highest BCUT2D eigenvalue weighted by Gasteiger charge is 2.19. The third kappa shape index (κ3) is 5.16. The quantitative estimate of drug-likeness (QED) is 0.825. The van der Waals surface area contributed by atoms with E-state index >= 15 is 0 Å². The maximum Gasteiger partial charge on any atom is 0.238 e. The number of anilines is 1. The van der Waals surface area contributed by atoms with Crippen LogP contribution < -0.4 is 5.32 Å². The van der Waals surface area contributed by atoms with Crippen LogP contribution in [-0.4, -0.2) is 64.5 Å². The van der Waals surface area contributed by atoms with Crippen LogP contribution in [0.2, 0.25) is 0 Å². The predicted octanol–water partition coefficient (Wildman–Crippen LogP) is 2.01. The number of hydrogen-bond donors (Lipinski definition) is 1. The summed E-state index contributed by atoms with van der Waals surface area (Å²) in [6.45, 7) is 10.5. The predicted molar refractivity (Wildman–Crippen MR) is 104 cm³/mol. The third-order valence-electron chi connectivity index (χ3n) is 4.91. The molecule has 1 N–H and O–H groups in total. The first-order chi connectivity index (χ1) is 12.6. The van der Waals surface area contributed by atoms with E-state index in [2.05, 4.69) is 37.8 Å². The van der Waals surface area contributed by atoms with Crippen molar-refractivity contribution in [1.82, 2.24) is 19.4 Å². The molecule has 26 heavy (non-hydrogen) atoms. The van der Waals surface area contributed by atoms with E-state index in [0.29, 0.717) is 6.54 Å². The molecule has 0 spiro atoms. The lowest BCUT2D eigenvalue weighted by Crippen LogP contribution is -2.49. The van der Waals surface area contributed by atoms with Crippen molar-refractivity contribution in [2.75, 3.05) is 44.6 Å². The molecular formula is C20H29N5O. The van der Waals surface area contributed by atoms with Gasteiger partial charge in [0.15, 0.2) is 0 Å². The van der Waals surface area contributed by atoms with E-state index in [1.165, 1.54) is 0 Å². The van der Waals surface area contributed by atoms with Crippen LogP contribution in [-0.2, 0) is 17.8 Å². The van der Waals surface area contributed by atoms with Crippen LogP contribution in [0.25, 0.3) is 0 Å². The number of piperazine rings is 1. The summed E-state index contributed by atoms with van der Waals surface area (Å²) in [6, 6.07) is 7.93. The molecule has 0 saturated carbocycles. The fourth-order valence-electron chi connectivity index (χ4n) is 3.40. The highest BCUT2D eigenvalue weighted by atomic mass is 16.2. The third-order valence-corrected chi connectivity index (χ3v) is 4.91. The Bertz CT molecular complexity index is 718. The molecule has 1 aromatic heterocycles. The van der Waals surface area contributed by atoms with Gasteiger partial charge in [0.05, 0.1) is 6.54 Å². The number of hydrogen-bond acceptors (Lipinski definition) is 4. The highest BCUT2D eigenvalue weighted by molar-refractivity contribution is 5.92. The Labute approximate surface area is 155 Å². The average molecular weight is 355 g/mol. The Balaban J connectivity index is 1.39. The van der Waals surface area contributed by atoms with Crippen molar-refractivity contribution in [2.45, 2.75) is 26.8 Å². The minimum atomic E-state index is 0.0649. The number of carbonyl (C=O) groups excluding carboxylic acids is 1. The summed E-state index contributed by atoms with van der Waals surface area (Å²) in [5, 5.41) is 2.99. The Kier molecular flexibility index (Phi) is 6.41. The molecule has 0 aliphatic carbocycles. The molecule has 0 atom stereocenters. The molecule has 0 radical (unpaired) electrons. The lowest BCUT2D eigenvalue weighted by Gasteiger charge is -2.34. The van der Waals surface area contributed by atoms with Gasteiger partial charge in [-0.25, -0.2) is 4.98 Å². The van der Waals surface area contributed by atoms with Gasteiger partial charge >= 0.3 is 0 Å². The van der Waals surface area contributed by atoms with Crippen molar-refractivity contribution >= 4 is 11.6 Å². The summed E-state index contributed by atoms with van der Waals surface area (Å²) < 4.78 is 2.24. The summed E-state index contributed by atoms with van der Waals surface area (Å²) in [7, 11) is 0. The molecule has 2 aromatic rings. The highest BCUT2D eigenvalue weighted by Crippen LogP contribution is 2.10. The standard InChI is InChI=1S/C20H29N5O/c1-3-19-21-7-8-25(19)14-13-23-9-11-24(12-10-23)16-20(26)22-18-6-4-5-17(2)15-18/h4-8,15H,3,9-14,16H2,1-2H3,(H,22,26). The van der Waals surface area contributed by atoms with Gasteiger partial charge in [-0.15, -0.1) is 0 Å². The molecule has 0 bridgehead atoms. The van der Waals surface area contributed by atoms with Crippen LogP contribution in [0, 0.1) is 6.92 Å². The second-order valence-corrected chi connectivity index (χ2v) is 6.93. The van der Waals surface area contributed by atoms with Crippen molar-refractivity contribution in [2.24, 2.45) is 0 Å². The molecule has 1 saturated heterocycles. The number of nitrogens with one attached hydrogen (secondary N) is 1. The van der Waals surface area contributed by atoms with Crippen LogP contribution in [0.4, 0.5) is 5.69 Å². The minimum absolute atomic E-state index is 0.0649. The van der Waals surface area contributed by atoms with E-state index < -0.39 is 0 Å². The van der Waals surface area contributed by atoms with E-state index in [4.69, 9.17) is 0 Å². The first-order valence-corrected chi connectivity index (χ1v) is 9.45. The monoisotopic (exact) mass is 355 g/mol. The molecule has 0 unspecified atom stereocenters. The van der Waals surface area contributed by atoms with Gasteiger partial charge in [0, 0.05) is 63.8 Å². The SMILES string of the molecule is CCc1nccn1CCN1CCN(CC(=O)Nc2cccc(C)c2)CC1. The molecule has 6 nitrogen and oxygen atoms in total. The van der Waals surface area contributed by atoms with Gasteiger partial charge in [-0.3, -0.25) is 14.6 Å². The number of benzene rings is 1. The normalized spacial score (nSPS) is 15.9. The molecule has 1 fully saturated rings. The van der Waals surface area contributed by atoms with Crippen molar-refractivity contribution in [3.05, 3.63) is 48.0 Å². The zero-order valence-electron chi connectivity index (χ0n) is 15.8. The first-order valence-electron chi connectivity index (χ1n) is 9.45. The summed E-state index contributed by atoms with van der Waals surface area (Å²) in [5.74, 6) is 1.21. The number of aryl methyl sites for hydroxylation is 2. The number of carbonyl (C=O) groups is 1. The van der Waals surface area contributed by atoms with E-state index in [1.54, 1.807) is 0 Å². The zero-order valence-corrected chi connectivity index (χ0v) is 15.8. The summed E-state index contributed by atoms with van der Waals surface area (Å²) in [5.41, 5.74) is 2.03. The average Bonchev–Trinajstić information content (AvgIpc) is 3.08. The summed E-state index contributed by atoms with van der Waals surface area (Å²) in [6.07, 6.45) is 4.91. The van der Waals surface area contributed by atoms with E-state index in [1.807, 2.05) is 37.4 Å². The summed E-state index contributed by atoms with van der Waals surface area (Å²) in [4.78, 5) is 21.3. The molecule has 2 heterocycles. The molecule has 6 heteroatoms. The number of nitrogens with zero attached hydrogens (tertiary/aromatic N) is 4. The van der Waals surface area contributed by atoms with Gasteiger partial charge in [0.25, 0.3) is 0 Å². The first kappa shape index (κ1) is 18.6. The van der Waals surface area contributed by atoms with Crippen LogP contribution >= 0.6 is 0 Å².